The van der Waals surface area contributed by atoms with E-state index in [1.807, 2.05) is 0 Å². The predicted molar refractivity (Wildman–Crippen MR) is 112 cm³/mol. The molecule has 1 aliphatic rings. The molecule has 1 aliphatic heterocycles. The number of nitrogens with zero attached hydrogens (tertiary/aromatic N) is 1. The van der Waals surface area contributed by atoms with Crippen LogP contribution in [-0.2, 0) is 26.5 Å². The molecule has 29 heavy (non-hydrogen) atoms. The molecule has 0 atom stereocenters. The molecule has 1 heterocycles. The van der Waals surface area contributed by atoms with Gasteiger partial charge in [0.2, 0.25) is 20.0 Å². The van der Waals surface area contributed by atoms with Crippen LogP contribution in [0.5, 0.6) is 0 Å². The fraction of sp³-hybridized carbons (Fsp3) is 0.400. The number of rotatable bonds is 6. The van der Waals surface area contributed by atoms with Gasteiger partial charge in [-0.15, -0.1) is 0 Å². The van der Waals surface area contributed by atoms with Crippen molar-refractivity contribution >= 4 is 25.7 Å². The van der Waals surface area contributed by atoms with Gasteiger partial charge >= 0.3 is 0 Å². The molecule has 1 saturated heterocycles. The minimum Gasteiger partial charge on any atom is -0.270 e. The smallest absolute Gasteiger partial charge is 0.241 e. The molecule has 0 unspecified atom stereocenters. The van der Waals surface area contributed by atoms with Gasteiger partial charge in [-0.25, -0.2) is 25.9 Å². The first kappa shape index (κ1) is 21.7. The Morgan fingerprint density at radius 2 is 1.76 bits per heavy atom. The molecule has 0 aromatic heterocycles. The van der Waals surface area contributed by atoms with E-state index in [9.17, 15) is 21.2 Å². The molecule has 0 spiro atoms. The number of sulfonamides is 2. The van der Waals surface area contributed by atoms with Crippen molar-refractivity contribution in [3.05, 3.63) is 58.9 Å². The Kier molecular flexibility index (Phi) is 6.30. The summed E-state index contributed by atoms with van der Waals surface area (Å²) in [6.07, 6.45) is 1.64. The SMILES string of the molecule is Cc1cc(N2CCCCS2(=O)=O)cc(C)c1S(=O)(=O)NCCc1ccccc1F. The number of aryl methyl sites for hydroxylation is 2. The van der Waals surface area contributed by atoms with Gasteiger partial charge in [-0.05, 0) is 68.0 Å². The second kappa shape index (κ2) is 8.41. The van der Waals surface area contributed by atoms with Gasteiger partial charge < -0.3 is 0 Å². The lowest BCUT2D eigenvalue weighted by Gasteiger charge is -2.29. The van der Waals surface area contributed by atoms with Crippen molar-refractivity contribution in [3.63, 3.8) is 0 Å². The Morgan fingerprint density at radius 3 is 2.38 bits per heavy atom. The van der Waals surface area contributed by atoms with Crippen molar-refractivity contribution in [2.75, 3.05) is 23.1 Å². The molecule has 6 nitrogen and oxygen atoms in total. The highest BCUT2D eigenvalue weighted by molar-refractivity contribution is 7.92. The average molecular weight is 441 g/mol. The van der Waals surface area contributed by atoms with E-state index in [0.29, 0.717) is 35.3 Å². The molecular formula is C20H25FN2O4S2. The van der Waals surface area contributed by atoms with Gasteiger partial charge in [-0.3, -0.25) is 4.31 Å². The van der Waals surface area contributed by atoms with Gasteiger partial charge in [0.15, 0.2) is 0 Å². The van der Waals surface area contributed by atoms with Crippen molar-refractivity contribution in [3.8, 4) is 0 Å². The van der Waals surface area contributed by atoms with E-state index in [0.717, 1.165) is 6.42 Å². The summed E-state index contributed by atoms with van der Waals surface area (Å²) < 4.78 is 68.0. The molecule has 0 radical (unpaired) electrons. The largest absolute Gasteiger partial charge is 0.270 e. The van der Waals surface area contributed by atoms with Crippen LogP contribution >= 0.6 is 0 Å². The maximum absolute atomic E-state index is 13.7. The minimum absolute atomic E-state index is 0.0599. The normalized spacial score (nSPS) is 16.7. The van der Waals surface area contributed by atoms with Crippen LogP contribution < -0.4 is 9.03 Å². The second-order valence-corrected chi connectivity index (χ2v) is 11.0. The van der Waals surface area contributed by atoms with Gasteiger partial charge in [-0.2, -0.15) is 0 Å². The minimum atomic E-state index is -3.82. The quantitative estimate of drug-likeness (QED) is 0.749. The maximum atomic E-state index is 13.7. The molecule has 0 bridgehead atoms. The summed E-state index contributed by atoms with van der Waals surface area (Å²) in [6, 6.07) is 9.44. The van der Waals surface area contributed by atoms with Crippen LogP contribution in [0.15, 0.2) is 41.3 Å². The lowest BCUT2D eigenvalue weighted by molar-refractivity contribution is 0.574. The van der Waals surface area contributed by atoms with Crippen LogP contribution in [0.4, 0.5) is 10.1 Å². The summed E-state index contributed by atoms with van der Waals surface area (Å²) in [5.74, 6) is -0.269. The number of nitrogens with one attached hydrogen (secondary N) is 1. The van der Waals surface area contributed by atoms with E-state index < -0.39 is 20.0 Å². The lowest BCUT2D eigenvalue weighted by Crippen LogP contribution is -2.38. The molecule has 3 rings (SSSR count). The Hall–Kier alpha value is -1.97. The Labute approximate surface area is 171 Å². The van der Waals surface area contributed by atoms with Crippen LogP contribution in [0.3, 0.4) is 0 Å². The molecule has 2 aromatic carbocycles. The summed E-state index contributed by atoms with van der Waals surface area (Å²) in [7, 11) is -7.20. The number of hydrogen-bond acceptors (Lipinski definition) is 4. The zero-order chi connectivity index (χ0) is 21.2. The highest BCUT2D eigenvalue weighted by atomic mass is 32.2. The molecule has 9 heteroatoms. The number of hydrogen-bond donors (Lipinski definition) is 1. The predicted octanol–water partition coefficient (Wildman–Crippen LogP) is 2.89. The summed E-state index contributed by atoms with van der Waals surface area (Å²) in [5.41, 5.74) is 1.87. The molecule has 158 valence electrons. The Bertz CT molecular complexity index is 1090. The summed E-state index contributed by atoms with van der Waals surface area (Å²) in [4.78, 5) is 0.129. The third-order valence-electron chi connectivity index (χ3n) is 5.00. The van der Waals surface area contributed by atoms with Crippen LogP contribution in [0, 0.1) is 19.7 Å². The maximum Gasteiger partial charge on any atom is 0.241 e. The number of anilines is 1. The summed E-state index contributed by atoms with van der Waals surface area (Å²) in [5, 5.41) is 0. The lowest BCUT2D eigenvalue weighted by atomic mass is 10.1. The molecule has 1 fully saturated rings. The monoisotopic (exact) mass is 440 g/mol. The fourth-order valence-corrected chi connectivity index (χ4v) is 6.77. The topological polar surface area (TPSA) is 83.6 Å². The molecule has 1 N–H and O–H groups in total. The van der Waals surface area contributed by atoms with Gasteiger partial charge in [0.1, 0.15) is 5.82 Å². The standard InChI is InChI=1S/C20H25FN2O4S2/c1-15-13-18(23-11-5-6-12-28(23,24)25)14-16(2)20(15)29(26,27)22-10-9-17-7-3-4-8-19(17)21/h3-4,7-8,13-14,22H,5-6,9-12H2,1-2H3. The van der Waals surface area contributed by atoms with E-state index in [4.69, 9.17) is 0 Å². The molecule has 0 aliphatic carbocycles. The highest BCUT2D eigenvalue weighted by Gasteiger charge is 2.28. The van der Waals surface area contributed by atoms with Crippen LogP contribution in [0.1, 0.15) is 29.5 Å². The average Bonchev–Trinajstić information content (AvgIpc) is 2.62. The van der Waals surface area contributed by atoms with Crippen LogP contribution in [0.25, 0.3) is 0 Å². The van der Waals surface area contributed by atoms with Gasteiger partial charge in [0.05, 0.1) is 16.3 Å². The molecular weight excluding hydrogens is 415 g/mol. The van der Waals surface area contributed by atoms with Gasteiger partial charge in [0, 0.05) is 13.1 Å². The Balaban J connectivity index is 1.81. The Morgan fingerprint density at radius 1 is 1.10 bits per heavy atom. The molecule has 0 amide bonds. The third kappa shape index (κ3) is 4.79. The van der Waals surface area contributed by atoms with Crippen LogP contribution in [-0.4, -0.2) is 35.7 Å². The van der Waals surface area contributed by atoms with Gasteiger partial charge in [-0.1, -0.05) is 18.2 Å². The van der Waals surface area contributed by atoms with E-state index in [-0.39, 0.29) is 29.4 Å². The second-order valence-electron chi connectivity index (χ2n) is 7.24. The first-order valence-corrected chi connectivity index (χ1v) is 12.6. The van der Waals surface area contributed by atoms with Crippen LogP contribution in [0.2, 0.25) is 0 Å². The van der Waals surface area contributed by atoms with Crippen molar-refractivity contribution in [2.24, 2.45) is 0 Å². The summed E-state index contributed by atoms with van der Waals surface area (Å²) in [6.45, 7) is 3.76. The molecule has 2 aromatic rings. The van der Waals surface area contributed by atoms with Crippen molar-refractivity contribution in [2.45, 2.75) is 38.0 Å². The first-order chi connectivity index (χ1) is 13.6. The van der Waals surface area contributed by atoms with E-state index in [1.165, 1.54) is 10.4 Å². The van der Waals surface area contributed by atoms with Crippen molar-refractivity contribution in [1.82, 2.24) is 4.72 Å². The zero-order valence-corrected chi connectivity index (χ0v) is 18.1. The number of benzene rings is 2. The zero-order valence-electron chi connectivity index (χ0n) is 16.5. The fourth-order valence-electron chi connectivity index (χ4n) is 3.67. The van der Waals surface area contributed by atoms with E-state index in [1.54, 1.807) is 44.2 Å². The third-order valence-corrected chi connectivity index (χ3v) is 8.63. The van der Waals surface area contributed by atoms with Crippen molar-refractivity contribution in [1.29, 1.82) is 0 Å². The van der Waals surface area contributed by atoms with Crippen molar-refractivity contribution < 1.29 is 21.2 Å². The van der Waals surface area contributed by atoms with E-state index in [2.05, 4.69) is 4.72 Å². The molecule has 0 saturated carbocycles. The number of halogens is 1. The summed E-state index contributed by atoms with van der Waals surface area (Å²) >= 11 is 0. The highest BCUT2D eigenvalue weighted by Crippen LogP contribution is 2.30. The van der Waals surface area contributed by atoms with E-state index >= 15 is 0 Å². The first-order valence-electron chi connectivity index (χ1n) is 9.46. The van der Waals surface area contributed by atoms with Gasteiger partial charge in [0.25, 0.3) is 0 Å².